The van der Waals surface area contributed by atoms with E-state index >= 15 is 0 Å². The SMILES string of the molecule is COCCOC(=O)N1CCC(C(CC#N)n2cc(C(N)=O)c(Nc3ccc(F)cc3)n2)CC1. The van der Waals surface area contributed by atoms with E-state index in [4.69, 9.17) is 15.2 Å². The molecule has 10 nitrogen and oxygen atoms in total. The van der Waals surface area contributed by atoms with Crippen LogP contribution in [0.15, 0.2) is 30.5 Å². The van der Waals surface area contributed by atoms with E-state index in [1.807, 2.05) is 0 Å². The molecule has 0 spiro atoms. The van der Waals surface area contributed by atoms with Crippen LogP contribution in [0, 0.1) is 23.1 Å². The Bertz CT molecular complexity index is 995. The Kier molecular flexibility index (Phi) is 8.21. The molecular formula is C22H27FN6O4. The van der Waals surface area contributed by atoms with Gasteiger partial charge in [-0.3, -0.25) is 9.48 Å². The molecule has 1 fully saturated rings. The van der Waals surface area contributed by atoms with Crippen LogP contribution in [0.2, 0.25) is 0 Å². The third-order valence-electron chi connectivity index (χ3n) is 5.60. The summed E-state index contributed by atoms with van der Waals surface area (Å²) in [6.07, 6.45) is 2.62. The molecule has 1 aromatic heterocycles. The molecule has 2 amide bonds. The topological polar surface area (TPSA) is 136 Å². The van der Waals surface area contributed by atoms with Crippen LogP contribution in [0.4, 0.5) is 20.7 Å². The summed E-state index contributed by atoms with van der Waals surface area (Å²) < 4.78 is 24.8. The Morgan fingerprint density at radius 2 is 2.00 bits per heavy atom. The minimum absolute atomic E-state index is 0.0620. The van der Waals surface area contributed by atoms with Crippen molar-refractivity contribution in [3.8, 4) is 6.07 Å². The Balaban J connectivity index is 1.73. The van der Waals surface area contributed by atoms with Crippen molar-refractivity contribution in [2.24, 2.45) is 11.7 Å². The van der Waals surface area contributed by atoms with Crippen LogP contribution in [-0.4, -0.2) is 60.1 Å². The van der Waals surface area contributed by atoms with E-state index in [0.717, 1.165) is 0 Å². The number of methoxy groups -OCH3 is 1. The van der Waals surface area contributed by atoms with Gasteiger partial charge >= 0.3 is 6.09 Å². The fourth-order valence-corrected chi connectivity index (χ4v) is 3.84. The number of aromatic nitrogens is 2. The van der Waals surface area contributed by atoms with Crippen LogP contribution in [0.5, 0.6) is 0 Å². The Morgan fingerprint density at radius 3 is 2.61 bits per heavy atom. The van der Waals surface area contributed by atoms with E-state index in [1.165, 1.54) is 37.6 Å². The molecule has 0 bridgehead atoms. The highest BCUT2D eigenvalue weighted by Gasteiger charge is 2.31. The lowest BCUT2D eigenvalue weighted by molar-refractivity contribution is 0.0587. The molecule has 11 heteroatoms. The first-order chi connectivity index (χ1) is 15.9. The predicted octanol–water partition coefficient (Wildman–Crippen LogP) is 2.81. The summed E-state index contributed by atoms with van der Waals surface area (Å²) in [7, 11) is 1.54. The number of carbonyl (C=O) groups is 2. The first-order valence-corrected chi connectivity index (χ1v) is 10.6. The van der Waals surface area contributed by atoms with Crippen molar-refractivity contribution in [1.82, 2.24) is 14.7 Å². The standard InChI is InChI=1S/C22H27FN6O4/c1-32-12-13-33-22(31)28-10-7-15(8-11-28)19(6-9-24)29-14-18(20(25)30)21(27-29)26-17-4-2-16(23)3-5-17/h2-5,14-15,19H,6-8,10-13H2,1H3,(H2,25,30)(H,26,27). The van der Waals surface area contributed by atoms with Gasteiger partial charge in [0.1, 0.15) is 18.0 Å². The lowest BCUT2D eigenvalue weighted by atomic mass is 9.88. The van der Waals surface area contributed by atoms with Crippen LogP contribution >= 0.6 is 0 Å². The number of nitriles is 1. The van der Waals surface area contributed by atoms with Gasteiger partial charge < -0.3 is 25.4 Å². The smallest absolute Gasteiger partial charge is 0.409 e. The number of halogens is 1. The van der Waals surface area contributed by atoms with E-state index in [2.05, 4.69) is 16.5 Å². The van der Waals surface area contributed by atoms with Crippen molar-refractivity contribution < 1.29 is 23.5 Å². The largest absolute Gasteiger partial charge is 0.447 e. The molecule has 1 aliphatic heterocycles. The maximum absolute atomic E-state index is 13.2. The molecule has 1 unspecified atom stereocenters. The number of nitrogens with one attached hydrogen (secondary N) is 1. The minimum atomic E-state index is -0.671. The molecule has 1 atom stereocenters. The van der Waals surface area contributed by atoms with Crippen molar-refractivity contribution in [2.75, 3.05) is 38.7 Å². The van der Waals surface area contributed by atoms with Gasteiger partial charge in [0.05, 0.1) is 25.1 Å². The number of anilines is 2. The number of ether oxygens (including phenoxy) is 2. The summed E-state index contributed by atoms with van der Waals surface area (Å²) in [4.78, 5) is 25.8. The highest BCUT2D eigenvalue weighted by Crippen LogP contribution is 2.33. The summed E-state index contributed by atoms with van der Waals surface area (Å²) >= 11 is 0. The fraction of sp³-hybridized carbons (Fsp3) is 0.455. The molecular weight excluding hydrogens is 431 g/mol. The van der Waals surface area contributed by atoms with Crippen molar-refractivity contribution in [1.29, 1.82) is 5.26 Å². The quantitative estimate of drug-likeness (QED) is 0.552. The van der Waals surface area contributed by atoms with Gasteiger partial charge in [0.2, 0.25) is 0 Å². The zero-order chi connectivity index (χ0) is 23.8. The third kappa shape index (κ3) is 6.20. The number of nitrogens with zero attached hydrogens (tertiary/aromatic N) is 4. The number of rotatable bonds is 9. The second-order valence-corrected chi connectivity index (χ2v) is 7.73. The van der Waals surface area contributed by atoms with Gasteiger partial charge in [0, 0.05) is 32.1 Å². The molecule has 2 aromatic rings. The summed E-state index contributed by atoms with van der Waals surface area (Å²) in [6, 6.07) is 7.50. The van der Waals surface area contributed by atoms with Crippen LogP contribution in [-0.2, 0) is 9.47 Å². The molecule has 1 aromatic carbocycles. The summed E-state index contributed by atoms with van der Waals surface area (Å²) in [5.41, 5.74) is 6.25. The minimum Gasteiger partial charge on any atom is -0.447 e. The van der Waals surface area contributed by atoms with Crippen molar-refractivity contribution in [3.63, 3.8) is 0 Å². The fourth-order valence-electron chi connectivity index (χ4n) is 3.84. The Hall–Kier alpha value is -3.65. The summed E-state index contributed by atoms with van der Waals surface area (Å²) in [5.74, 6) is -0.762. The molecule has 2 heterocycles. The van der Waals surface area contributed by atoms with Crippen LogP contribution in [0.25, 0.3) is 0 Å². The van der Waals surface area contributed by atoms with Gasteiger partial charge in [-0.25, -0.2) is 9.18 Å². The van der Waals surface area contributed by atoms with Gasteiger partial charge in [-0.2, -0.15) is 10.4 Å². The predicted molar refractivity (Wildman–Crippen MR) is 117 cm³/mol. The van der Waals surface area contributed by atoms with Crippen LogP contribution in [0.1, 0.15) is 35.7 Å². The maximum Gasteiger partial charge on any atom is 0.409 e. The van der Waals surface area contributed by atoms with Gasteiger partial charge in [-0.1, -0.05) is 0 Å². The van der Waals surface area contributed by atoms with Crippen molar-refractivity contribution in [2.45, 2.75) is 25.3 Å². The Morgan fingerprint density at radius 1 is 1.30 bits per heavy atom. The molecule has 1 saturated heterocycles. The molecule has 33 heavy (non-hydrogen) atoms. The number of hydrogen-bond donors (Lipinski definition) is 2. The first kappa shape index (κ1) is 24.0. The van der Waals surface area contributed by atoms with E-state index in [0.29, 0.717) is 38.2 Å². The molecule has 0 aliphatic carbocycles. The number of piperidine rings is 1. The second-order valence-electron chi connectivity index (χ2n) is 7.73. The summed E-state index contributed by atoms with van der Waals surface area (Å²) in [5, 5.41) is 16.9. The number of carbonyl (C=O) groups excluding carboxylic acids is 2. The number of hydrogen-bond acceptors (Lipinski definition) is 7. The molecule has 1 aliphatic rings. The number of likely N-dealkylation sites (tertiary alicyclic amines) is 1. The van der Waals surface area contributed by atoms with E-state index < -0.39 is 5.91 Å². The highest BCUT2D eigenvalue weighted by molar-refractivity contribution is 5.98. The van der Waals surface area contributed by atoms with Crippen LogP contribution in [0.3, 0.4) is 0 Å². The number of benzene rings is 1. The zero-order valence-electron chi connectivity index (χ0n) is 18.4. The normalized spacial score (nSPS) is 15.0. The number of primary amides is 1. The van der Waals surface area contributed by atoms with Gasteiger partial charge in [-0.05, 0) is 43.0 Å². The van der Waals surface area contributed by atoms with Gasteiger partial charge in [0.25, 0.3) is 5.91 Å². The molecule has 0 saturated carbocycles. The third-order valence-corrected chi connectivity index (χ3v) is 5.60. The number of nitrogens with two attached hydrogens (primary N) is 1. The van der Waals surface area contributed by atoms with E-state index in [1.54, 1.807) is 9.58 Å². The van der Waals surface area contributed by atoms with Crippen molar-refractivity contribution >= 4 is 23.5 Å². The average molecular weight is 458 g/mol. The lowest BCUT2D eigenvalue weighted by Gasteiger charge is -2.34. The number of amides is 2. The zero-order valence-corrected chi connectivity index (χ0v) is 18.4. The van der Waals surface area contributed by atoms with Crippen LogP contribution < -0.4 is 11.1 Å². The molecule has 3 N–H and O–H groups in total. The van der Waals surface area contributed by atoms with Crippen molar-refractivity contribution in [3.05, 3.63) is 41.8 Å². The van der Waals surface area contributed by atoms with Gasteiger partial charge in [0.15, 0.2) is 5.82 Å². The average Bonchev–Trinajstić information content (AvgIpc) is 3.23. The Labute approximate surface area is 191 Å². The maximum atomic E-state index is 13.2. The highest BCUT2D eigenvalue weighted by atomic mass is 19.1. The molecule has 0 radical (unpaired) electrons. The monoisotopic (exact) mass is 458 g/mol. The lowest BCUT2D eigenvalue weighted by Crippen LogP contribution is -2.41. The van der Waals surface area contributed by atoms with Gasteiger partial charge in [-0.15, -0.1) is 0 Å². The first-order valence-electron chi connectivity index (χ1n) is 10.6. The second kappa shape index (κ2) is 11.3. The van der Waals surface area contributed by atoms with E-state index in [9.17, 15) is 19.2 Å². The summed E-state index contributed by atoms with van der Waals surface area (Å²) in [6.45, 7) is 1.51. The molecule has 3 rings (SSSR count). The molecule has 176 valence electrons. The van der Waals surface area contributed by atoms with E-state index in [-0.39, 0.29) is 48.3 Å².